The van der Waals surface area contributed by atoms with Crippen LogP contribution in [-0.2, 0) is 32.2 Å². The summed E-state index contributed by atoms with van der Waals surface area (Å²) in [7, 11) is 0. The Labute approximate surface area is 236 Å². The van der Waals surface area contributed by atoms with Gasteiger partial charge in [0.2, 0.25) is 5.91 Å². The van der Waals surface area contributed by atoms with Crippen molar-refractivity contribution in [2.75, 3.05) is 5.75 Å². The molecule has 0 spiro atoms. The lowest BCUT2D eigenvalue weighted by atomic mass is 10.0. The van der Waals surface area contributed by atoms with E-state index in [4.69, 9.17) is 14.6 Å². The molecule has 3 N–H and O–H groups in total. The molecule has 39 heavy (non-hydrogen) atoms. The molecule has 1 fully saturated rings. The fourth-order valence-corrected chi connectivity index (χ4v) is 6.03. The molecule has 0 aliphatic carbocycles. The molecule has 1 aromatic heterocycles. The molecule has 1 saturated heterocycles. The van der Waals surface area contributed by atoms with Gasteiger partial charge in [-0.1, -0.05) is 71.6 Å². The van der Waals surface area contributed by atoms with Crippen LogP contribution >= 0.6 is 23.1 Å². The number of aromatic nitrogens is 2. The Hall–Kier alpha value is -2.83. The highest BCUT2D eigenvalue weighted by molar-refractivity contribution is 8.01. The predicted molar refractivity (Wildman–Crippen MR) is 148 cm³/mol. The van der Waals surface area contributed by atoms with Crippen LogP contribution in [0.15, 0.2) is 52.9 Å². The Morgan fingerprint density at radius 1 is 1.00 bits per heavy atom. The Balaban J connectivity index is 1.37. The molecule has 0 saturated carbocycles. The van der Waals surface area contributed by atoms with Crippen LogP contribution in [0.5, 0.6) is 0 Å². The third-order valence-electron chi connectivity index (χ3n) is 6.30. The van der Waals surface area contributed by atoms with E-state index in [0.29, 0.717) is 32.2 Å². The first-order valence-electron chi connectivity index (χ1n) is 12.9. The predicted octanol–water partition coefficient (Wildman–Crippen LogP) is 4.94. The summed E-state index contributed by atoms with van der Waals surface area (Å²) in [5.74, 6) is -0.218. The first-order chi connectivity index (χ1) is 18.9. The zero-order valence-electron chi connectivity index (χ0n) is 21.7. The van der Waals surface area contributed by atoms with E-state index in [1.54, 1.807) is 23.1 Å². The molecule has 1 amide bonds. The Morgan fingerprint density at radius 3 is 2.36 bits per heavy atom. The fourth-order valence-electron chi connectivity index (χ4n) is 4.17. The number of amides is 1. The number of benzene rings is 2. The zero-order valence-corrected chi connectivity index (χ0v) is 23.4. The molecule has 0 unspecified atom stereocenters. The molecule has 4 rings (SSSR count). The number of carboxylic acids is 1. The van der Waals surface area contributed by atoms with E-state index in [1.165, 1.54) is 0 Å². The number of carbonyl (C=O) groups is 2. The highest BCUT2D eigenvalue weighted by atomic mass is 32.2. The summed E-state index contributed by atoms with van der Waals surface area (Å²) in [5, 5.41) is 30.2. The molecule has 11 heteroatoms. The summed E-state index contributed by atoms with van der Waals surface area (Å²) < 4.78 is 13.7. The number of rotatable bonds is 13. The van der Waals surface area contributed by atoms with Crippen molar-refractivity contribution in [3.05, 3.63) is 75.8 Å². The lowest BCUT2D eigenvalue weighted by Gasteiger charge is -2.36. The molecule has 0 radical (unpaired) electrons. The monoisotopic (exact) mass is 571 g/mol. The highest BCUT2D eigenvalue weighted by Crippen LogP contribution is 2.39. The number of hydrogen-bond acceptors (Lipinski definition) is 9. The summed E-state index contributed by atoms with van der Waals surface area (Å²) in [4.78, 5) is 22.7. The highest BCUT2D eigenvalue weighted by Gasteiger charge is 2.32. The molecular weight excluding hydrogens is 538 g/mol. The average Bonchev–Trinajstić information content (AvgIpc) is 3.38. The number of nitrogens with zero attached hydrogens (tertiary/aromatic N) is 2. The lowest BCUT2D eigenvalue weighted by Crippen LogP contribution is -2.31. The molecule has 0 bridgehead atoms. The number of hydrogen-bond donors (Lipinski definition) is 3. The summed E-state index contributed by atoms with van der Waals surface area (Å²) >= 11 is 3.20. The number of aliphatic carboxylic acids is 1. The van der Waals surface area contributed by atoms with Gasteiger partial charge in [-0.25, -0.2) is 0 Å². The number of nitrogens with one attached hydrogen (secondary N) is 1. The Morgan fingerprint density at radius 2 is 1.69 bits per heavy atom. The Bertz CT molecular complexity index is 1220. The number of thioether (sulfide) groups is 1. The summed E-state index contributed by atoms with van der Waals surface area (Å²) in [6, 6.07) is 15.6. The summed E-state index contributed by atoms with van der Waals surface area (Å²) in [5.41, 5.74) is 3.72. The molecule has 1 aliphatic heterocycles. The molecule has 2 aromatic carbocycles. The zero-order chi connectivity index (χ0) is 27.6. The van der Waals surface area contributed by atoms with E-state index in [0.717, 1.165) is 37.4 Å². The van der Waals surface area contributed by atoms with Crippen molar-refractivity contribution >= 4 is 35.0 Å². The van der Waals surface area contributed by atoms with Gasteiger partial charge in [-0.05, 0) is 36.5 Å². The van der Waals surface area contributed by atoms with Gasteiger partial charge in [-0.3, -0.25) is 9.59 Å². The number of aliphatic hydroxyl groups is 1. The molecule has 2 heterocycles. The van der Waals surface area contributed by atoms with Crippen LogP contribution in [0.1, 0.15) is 71.8 Å². The van der Waals surface area contributed by atoms with Crippen LogP contribution in [0.25, 0.3) is 0 Å². The third kappa shape index (κ3) is 9.11. The third-order valence-corrected chi connectivity index (χ3v) is 8.41. The van der Waals surface area contributed by atoms with E-state index >= 15 is 0 Å². The first-order valence-corrected chi connectivity index (χ1v) is 14.7. The number of aryl methyl sites for hydroxylation is 1. The van der Waals surface area contributed by atoms with Crippen molar-refractivity contribution in [2.24, 2.45) is 0 Å². The second-order valence-corrected chi connectivity index (χ2v) is 11.8. The van der Waals surface area contributed by atoms with Gasteiger partial charge in [0.15, 0.2) is 10.6 Å². The van der Waals surface area contributed by atoms with Gasteiger partial charge in [0.1, 0.15) is 5.01 Å². The molecule has 1 aliphatic rings. The van der Waals surface area contributed by atoms with Crippen LogP contribution in [-0.4, -0.2) is 44.1 Å². The van der Waals surface area contributed by atoms with Crippen LogP contribution in [0.3, 0.4) is 0 Å². The van der Waals surface area contributed by atoms with Gasteiger partial charge < -0.3 is 25.0 Å². The SMILES string of the molecule is Cc1nnc(SC[C@H]2C[C@@H](c3ccc(CO)cc3)O[C@@H](c3ccc(CNC(=O)CCCCC(=O)O)cc3)O2)s1. The Kier molecular flexibility index (Phi) is 10.9. The van der Waals surface area contributed by atoms with Gasteiger partial charge in [-0.15, -0.1) is 10.2 Å². The van der Waals surface area contributed by atoms with E-state index in [1.807, 2.05) is 55.5 Å². The van der Waals surface area contributed by atoms with Crippen LogP contribution in [0.4, 0.5) is 0 Å². The van der Waals surface area contributed by atoms with Gasteiger partial charge >= 0.3 is 5.97 Å². The van der Waals surface area contributed by atoms with Crippen LogP contribution < -0.4 is 5.32 Å². The quantitative estimate of drug-likeness (QED) is 0.193. The summed E-state index contributed by atoms with van der Waals surface area (Å²) in [6.45, 7) is 2.33. The van der Waals surface area contributed by atoms with Gasteiger partial charge in [0.05, 0.1) is 18.8 Å². The van der Waals surface area contributed by atoms with Crippen LogP contribution in [0.2, 0.25) is 0 Å². The van der Waals surface area contributed by atoms with Crippen molar-refractivity contribution in [3.8, 4) is 0 Å². The average molecular weight is 572 g/mol. The topological polar surface area (TPSA) is 131 Å². The molecule has 3 aromatic rings. The fraction of sp³-hybridized carbons (Fsp3) is 0.429. The first kappa shape index (κ1) is 29.2. The smallest absolute Gasteiger partial charge is 0.303 e. The molecule has 3 atom stereocenters. The van der Waals surface area contributed by atoms with Crippen molar-refractivity contribution in [1.29, 1.82) is 0 Å². The van der Waals surface area contributed by atoms with Gasteiger partial charge in [0, 0.05) is 37.1 Å². The van der Waals surface area contributed by atoms with E-state index in [-0.39, 0.29) is 31.1 Å². The standard InChI is InChI=1S/C28H33N3O6S2/c1-18-30-31-28(39-18)38-17-23-14-24(21-10-8-20(16-32)9-11-21)37-27(36-23)22-12-6-19(7-13-22)15-29-25(33)4-2-3-5-26(34)35/h6-13,23-24,27,32H,2-5,14-17H2,1H3,(H,29,33)(H,34,35)/t23-,24+,27+/m1/s1. The van der Waals surface area contributed by atoms with E-state index in [9.17, 15) is 14.7 Å². The van der Waals surface area contributed by atoms with Crippen molar-refractivity contribution in [1.82, 2.24) is 15.5 Å². The second-order valence-electron chi connectivity index (χ2n) is 9.37. The minimum absolute atomic E-state index is 0.00437. The molecule has 9 nitrogen and oxygen atoms in total. The second kappa shape index (κ2) is 14.5. The number of unbranched alkanes of at least 4 members (excludes halogenated alkanes) is 1. The molecular formula is C28H33N3O6S2. The largest absolute Gasteiger partial charge is 0.481 e. The van der Waals surface area contributed by atoms with Crippen molar-refractivity contribution in [2.45, 2.75) is 75.0 Å². The van der Waals surface area contributed by atoms with Gasteiger partial charge in [0.25, 0.3) is 0 Å². The number of ether oxygens (including phenoxy) is 2. The number of aliphatic hydroxyl groups excluding tert-OH is 1. The minimum atomic E-state index is -0.843. The van der Waals surface area contributed by atoms with Crippen LogP contribution in [0, 0.1) is 6.92 Å². The van der Waals surface area contributed by atoms with Crippen molar-refractivity contribution in [3.63, 3.8) is 0 Å². The normalized spacial score (nSPS) is 19.1. The maximum absolute atomic E-state index is 12.1. The number of carboxylic acid groups (broad SMARTS) is 1. The minimum Gasteiger partial charge on any atom is -0.481 e. The maximum atomic E-state index is 12.1. The summed E-state index contributed by atoms with van der Waals surface area (Å²) in [6.07, 6.45) is 1.33. The lowest BCUT2D eigenvalue weighted by molar-refractivity contribution is -0.245. The van der Waals surface area contributed by atoms with Crippen molar-refractivity contribution < 1.29 is 29.3 Å². The maximum Gasteiger partial charge on any atom is 0.303 e. The van der Waals surface area contributed by atoms with E-state index < -0.39 is 12.3 Å². The van der Waals surface area contributed by atoms with E-state index in [2.05, 4.69) is 15.5 Å². The number of carbonyl (C=O) groups excluding carboxylic acids is 1. The van der Waals surface area contributed by atoms with Gasteiger partial charge in [-0.2, -0.15) is 0 Å². The molecule has 208 valence electrons.